The molecule has 0 aliphatic heterocycles. The molecule has 0 heterocycles. The largest absolute Gasteiger partial charge is 0.453 e. The zero-order valence-electron chi connectivity index (χ0n) is 11.6. The second kappa shape index (κ2) is 8.58. The van der Waals surface area contributed by atoms with Gasteiger partial charge < -0.3 is 15.4 Å². The number of halogens is 1. The molecule has 0 fully saturated rings. The van der Waals surface area contributed by atoms with Crippen LogP contribution in [0.25, 0.3) is 0 Å². The van der Waals surface area contributed by atoms with Crippen molar-refractivity contribution in [1.82, 2.24) is 10.6 Å². The van der Waals surface area contributed by atoms with Crippen molar-refractivity contribution in [3.8, 4) is 0 Å². The number of rotatable bonds is 6. The number of amides is 2. The van der Waals surface area contributed by atoms with E-state index >= 15 is 0 Å². The summed E-state index contributed by atoms with van der Waals surface area (Å²) in [6.07, 6.45) is 0.451. The first-order chi connectivity index (χ1) is 9.52. The maximum Gasteiger partial charge on any atom is 0.406 e. The predicted octanol–water partition coefficient (Wildman–Crippen LogP) is 2.24. The second-order valence-corrected chi connectivity index (χ2v) is 5.29. The summed E-state index contributed by atoms with van der Waals surface area (Å²) >= 11 is 3.48. The van der Waals surface area contributed by atoms with Gasteiger partial charge in [0.1, 0.15) is 0 Å². The van der Waals surface area contributed by atoms with Crippen molar-refractivity contribution >= 4 is 27.9 Å². The summed E-state index contributed by atoms with van der Waals surface area (Å²) in [5.74, 6) is -0.0963. The van der Waals surface area contributed by atoms with Crippen LogP contribution >= 0.6 is 15.9 Å². The molecule has 20 heavy (non-hydrogen) atoms. The molecule has 0 aromatic heterocycles. The van der Waals surface area contributed by atoms with Crippen LogP contribution in [0.15, 0.2) is 28.7 Å². The average Bonchev–Trinajstić information content (AvgIpc) is 2.41. The van der Waals surface area contributed by atoms with Gasteiger partial charge in [0.2, 0.25) is 5.91 Å². The summed E-state index contributed by atoms with van der Waals surface area (Å²) in [7, 11) is 1.29. The highest BCUT2D eigenvalue weighted by molar-refractivity contribution is 9.10. The lowest BCUT2D eigenvalue weighted by Gasteiger charge is -2.15. The number of ether oxygens (including phenoxy) is 1. The molecule has 2 amide bonds. The molecule has 0 saturated heterocycles. The second-order valence-electron chi connectivity index (χ2n) is 4.43. The molecule has 0 saturated carbocycles. The molecule has 0 radical (unpaired) electrons. The lowest BCUT2D eigenvalue weighted by atomic mass is 10.1. The molecular weight excluding hydrogens is 324 g/mol. The highest BCUT2D eigenvalue weighted by Crippen LogP contribution is 2.17. The fraction of sp³-hybridized carbons (Fsp3) is 0.429. The molecule has 1 atom stereocenters. The smallest absolute Gasteiger partial charge is 0.406 e. The molecule has 1 aromatic rings. The molecule has 5 nitrogen and oxygen atoms in total. The number of hydrogen-bond donors (Lipinski definition) is 2. The lowest BCUT2D eigenvalue weighted by molar-refractivity contribution is -0.121. The Labute approximate surface area is 127 Å². The van der Waals surface area contributed by atoms with Crippen LogP contribution in [0.1, 0.15) is 18.9 Å². The summed E-state index contributed by atoms with van der Waals surface area (Å²) < 4.78 is 5.45. The minimum Gasteiger partial charge on any atom is -0.453 e. The van der Waals surface area contributed by atoms with Crippen LogP contribution < -0.4 is 10.6 Å². The summed E-state index contributed by atoms with van der Waals surface area (Å²) in [5.41, 5.74) is 1.15. The van der Waals surface area contributed by atoms with E-state index in [4.69, 9.17) is 0 Å². The van der Waals surface area contributed by atoms with Crippen molar-refractivity contribution in [2.45, 2.75) is 25.8 Å². The summed E-state index contributed by atoms with van der Waals surface area (Å²) in [4.78, 5) is 22.5. The van der Waals surface area contributed by atoms with Crippen molar-refractivity contribution in [3.05, 3.63) is 34.3 Å². The van der Waals surface area contributed by atoms with Crippen molar-refractivity contribution in [3.63, 3.8) is 0 Å². The molecule has 110 valence electrons. The Morgan fingerprint density at radius 3 is 2.70 bits per heavy atom. The van der Waals surface area contributed by atoms with Gasteiger partial charge in [-0.15, -0.1) is 0 Å². The monoisotopic (exact) mass is 342 g/mol. The molecule has 0 aliphatic carbocycles. The lowest BCUT2D eigenvalue weighted by Crippen LogP contribution is -2.36. The summed E-state index contributed by atoms with van der Waals surface area (Å²) in [6, 6.07) is 7.94. The van der Waals surface area contributed by atoms with Gasteiger partial charge in [-0.2, -0.15) is 0 Å². The van der Waals surface area contributed by atoms with Crippen molar-refractivity contribution in [1.29, 1.82) is 0 Å². The molecule has 6 heteroatoms. The van der Waals surface area contributed by atoms with Gasteiger partial charge in [0.05, 0.1) is 7.11 Å². The van der Waals surface area contributed by atoms with Crippen LogP contribution in [0.4, 0.5) is 4.79 Å². The maximum absolute atomic E-state index is 11.7. The molecule has 1 aromatic carbocycles. The molecule has 0 unspecified atom stereocenters. The van der Waals surface area contributed by atoms with Crippen LogP contribution in [0.2, 0.25) is 0 Å². The number of carbonyl (C=O) groups is 2. The summed E-state index contributed by atoms with van der Waals surface area (Å²) in [6.45, 7) is 2.21. The van der Waals surface area contributed by atoms with E-state index in [0.717, 1.165) is 16.5 Å². The Hall–Kier alpha value is -1.56. The van der Waals surface area contributed by atoms with E-state index in [1.165, 1.54) is 7.11 Å². The third kappa shape index (κ3) is 6.06. The van der Waals surface area contributed by atoms with Gasteiger partial charge in [-0.1, -0.05) is 34.1 Å². The Balaban J connectivity index is 2.31. The Morgan fingerprint density at radius 1 is 1.35 bits per heavy atom. The van der Waals surface area contributed by atoms with E-state index in [9.17, 15) is 9.59 Å². The van der Waals surface area contributed by atoms with E-state index in [2.05, 4.69) is 31.3 Å². The predicted molar refractivity (Wildman–Crippen MR) is 80.5 cm³/mol. The molecular formula is C14H19BrN2O3. The third-order valence-electron chi connectivity index (χ3n) is 2.70. The van der Waals surface area contributed by atoms with Crippen LogP contribution in [-0.2, 0) is 16.0 Å². The van der Waals surface area contributed by atoms with Gasteiger partial charge >= 0.3 is 6.09 Å². The van der Waals surface area contributed by atoms with Gasteiger partial charge in [-0.05, 0) is 25.0 Å². The highest BCUT2D eigenvalue weighted by Gasteiger charge is 2.10. The average molecular weight is 343 g/mol. The van der Waals surface area contributed by atoms with Crippen LogP contribution in [0.3, 0.4) is 0 Å². The SMILES string of the molecule is COC(=O)NCCC(=O)N[C@H](C)Cc1ccccc1Br. The number of hydrogen-bond acceptors (Lipinski definition) is 3. The summed E-state index contributed by atoms with van der Waals surface area (Å²) in [5, 5.41) is 5.36. The van der Waals surface area contributed by atoms with Gasteiger partial charge in [-0.3, -0.25) is 4.79 Å². The molecule has 0 bridgehead atoms. The molecule has 2 N–H and O–H groups in total. The minimum atomic E-state index is -0.529. The Morgan fingerprint density at radius 2 is 2.05 bits per heavy atom. The fourth-order valence-corrected chi connectivity index (χ4v) is 2.19. The number of benzene rings is 1. The zero-order chi connectivity index (χ0) is 15.0. The molecule has 1 rings (SSSR count). The number of methoxy groups -OCH3 is 1. The standard InChI is InChI=1S/C14H19BrN2O3/c1-10(9-11-5-3-4-6-12(11)15)17-13(18)7-8-16-14(19)20-2/h3-6,10H,7-9H2,1-2H3,(H,16,19)(H,17,18)/t10-/m1/s1. The van der Waals surface area contributed by atoms with Crippen molar-refractivity contribution in [2.75, 3.05) is 13.7 Å². The fourth-order valence-electron chi connectivity index (χ4n) is 1.74. The zero-order valence-corrected chi connectivity index (χ0v) is 13.2. The Bertz CT molecular complexity index is 465. The molecule has 0 aliphatic rings. The van der Waals surface area contributed by atoms with E-state index in [1.807, 2.05) is 31.2 Å². The molecule has 0 spiro atoms. The van der Waals surface area contributed by atoms with Crippen LogP contribution in [0.5, 0.6) is 0 Å². The first-order valence-electron chi connectivity index (χ1n) is 6.37. The highest BCUT2D eigenvalue weighted by atomic mass is 79.9. The van der Waals surface area contributed by atoms with Crippen molar-refractivity contribution in [2.24, 2.45) is 0 Å². The number of alkyl carbamates (subject to hydrolysis) is 1. The van der Waals surface area contributed by atoms with Crippen molar-refractivity contribution < 1.29 is 14.3 Å². The normalized spacial score (nSPS) is 11.6. The number of carbonyl (C=O) groups excluding carboxylic acids is 2. The third-order valence-corrected chi connectivity index (χ3v) is 3.47. The number of nitrogens with one attached hydrogen (secondary N) is 2. The van der Waals surface area contributed by atoms with Gasteiger partial charge in [0.25, 0.3) is 0 Å². The Kier molecular flexibility index (Phi) is 7.08. The van der Waals surface area contributed by atoms with E-state index < -0.39 is 6.09 Å². The van der Waals surface area contributed by atoms with Gasteiger partial charge in [-0.25, -0.2) is 4.79 Å². The van der Waals surface area contributed by atoms with E-state index in [1.54, 1.807) is 0 Å². The van der Waals surface area contributed by atoms with Crippen LogP contribution in [0, 0.1) is 0 Å². The minimum absolute atomic E-state index is 0.0272. The maximum atomic E-state index is 11.7. The van der Waals surface area contributed by atoms with Gasteiger partial charge in [0, 0.05) is 23.5 Å². The van der Waals surface area contributed by atoms with Gasteiger partial charge in [0.15, 0.2) is 0 Å². The van der Waals surface area contributed by atoms with E-state index in [0.29, 0.717) is 0 Å². The first kappa shape index (κ1) is 16.5. The topological polar surface area (TPSA) is 67.4 Å². The first-order valence-corrected chi connectivity index (χ1v) is 7.16. The quantitative estimate of drug-likeness (QED) is 0.833. The van der Waals surface area contributed by atoms with E-state index in [-0.39, 0.29) is 24.9 Å². The van der Waals surface area contributed by atoms with Crippen LogP contribution in [-0.4, -0.2) is 31.7 Å².